The Labute approximate surface area is 214 Å². The average Bonchev–Trinajstić information content (AvgIpc) is 3.19. The van der Waals surface area contributed by atoms with Crippen molar-refractivity contribution in [2.75, 3.05) is 38.2 Å². The average molecular weight is 491 g/mol. The number of amides is 2. The molecule has 1 aromatic carbocycles. The molecule has 1 saturated heterocycles. The maximum absolute atomic E-state index is 13.4. The van der Waals surface area contributed by atoms with Crippen molar-refractivity contribution >= 4 is 17.7 Å². The summed E-state index contributed by atoms with van der Waals surface area (Å²) in [6, 6.07) is 11.2. The second kappa shape index (κ2) is 11.4. The molecule has 3 aliphatic rings. The van der Waals surface area contributed by atoms with Crippen molar-refractivity contribution in [1.29, 1.82) is 0 Å². The molecule has 3 heterocycles. The Kier molecular flexibility index (Phi) is 7.85. The standard InChI is InChI=1S/C29H38N4O3/c1-36-28(34)11-6-22-4-8-26(9-5-22)32-17-18-33(29(32)35)27-10-7-24-12-15-31(16-13-25(24)19-27)21-23-3-2-14-30-20-23/h2-3,7,10,14,19-20,22,26H,4-6,8-9,11-13,15-18,21H2,1H3/t22-,26-. The molecule has 36 heavy (non-hydrogen) atoms. The van der Waals surface area contributed by atoms with Gasteiger partial charge in [-0.2, -0.15) is 0 Å². The van der Waals surface area contributed by atoms with Crippen LogP contribution in [-0.4, -0.2) is 66.1 Å². The lowest BCUT2D eigenvalue weighted by atomic mass is 9.83. The quantitative estimate of drug-likeness (QED) is 0.537. The van der Waals surface area contributed by atoms with Crippen LogP contribution in [0.4, 0.5) is 10.5 Å². The van der Waals surface area contributed by atoms with Crippen molar-refractivity contribution in [2.45, 2.75) is 64.0 Å². The van der Waals surface area contributed by atoms with Gasteiger partial charge in [0.05, 0.1) is 7.11 Å². The zero-order valence-corrected chi connectivity index (χ0v) is 21.4. The molecule has 0 atom stereocenters. The first kappa shape index (κ1) is 24.8. The Morgan fingerprint density at radius 2 is 1.83 bits per heavy atom. The monoisotopic (exact) mass is 490 g/mol. The fourth-order valence-electron chi connectivity index (χ4n) is 6.14. The Morgan fingerprint density at radius 1 is 1.03 bits per heavy atom. The number of esters is 1. The number of urea groups is 1. The first-order valence-electron chi connectivity index (χ1n) is 13.5. The first-order chi connectivity index (χ1) is 17.6. The highest BCUT2D eigenvalue weighted by Gasteiger charge is 2.36. The van der Waals surface area contributed by atoms with Gasteiger partial charge in [-0.05, 0) is 85.8 Å². The molecule has 0 spiro atoms. The van der Waals surface area contributed by atoms with Crippen LogP contribution in [0.5, 0.6) is 0 Å². The SMILES string of the molecule is COC(=O)CC[C@H]1CC[C@H](N2CCN(c3ccc4c(c3)CCN(Cc3cccnc3)CC4)C2=O)CC1. The molecule has 2 amide bonds. The van der Waals surface area contributed by atoms with Crippen LogP contribution in [0.2, 0.25) is 0 Å². The van der Waals surface area contributed by atoms with E-state index >= 15 is 0 Å². The van der Waals surface area contributed by atoms with E-state index in [1.165, 1.54) is 23.8 Å². The van der Waals surface area contributed by atoms with Crippen molar-refractivity contribution in [3.05, 3.63) is 59.4 Å². The lowest BCUT2D eigenvalue weighted by Gasteiger charge is -2.34. The van der Waals surface area contributed by atoms with Gasteiger partial charge in [0.1, 0.15) is 0 Å². The maximum Gasteiger partial charge on any atom is 0.324 e. The molecule has 2 aliphatic heterocycles. The van der Waals surface area contributed by atoms with Gasteiger partial charge in [-0.15, -0.1) is 0 Å². The third-order valence-corrected chi connectivity index (χ3v) is 8.31. The molecule has 2 fully saturated rings. The van der Waals surface area contributed by atoms with Gasteiger partial charge in [0.25, 0.3) is 0 Å². The third-order valence-electron chi connectivity index (χ3n) is 8.31. The molecule has 7 nitrogen and oxygen atoms in total. The van der Waals surface area contributed by atoms with Crippen LogP contribution < -0.4 is 4.90 Å². The smallest absolute Gasteiger partial charge is 0.324 e. The van der Waals surface area contributed by atoms with E-state index in [-0.39, 0.29) is 12.0 Å². The molecule has 5 rings (SSSR count). The number of nitrogens with zero attached hydrogens (tertiary/aromatic N) is 4. The number of methoxy groups -OCH3 is 1. The summed E-state index contributed by atoms with van der Waals surface area (Å²) >= 11 is 0. The topological polar surface area (TPSA) is 66.0 Å². The van der Waals surface area contributed by atoms with E-state index in [0.717, 1.165) is 83.4 Å². The van der Waals surface area contributed by atoms with Crippen molar-refractivity contribution in [3.8, 4) is 0 Å². The summed E-state index contributed by atoms with van der Waals surface area (Å²) in [6.07, 6.45) is 11.4. The highest BCUT2D eigenvalue weighted by atomic mass is 16.5. The predicted molar refractivity (Wildman–Crippen MR) is 140 cm³/mol. The Balaban J connectivity index is 1.16. The van der Waals surface area contributed by atoms with Crippen molar-refractivity contribution in [2.24, 2.45) is 5.92 Å². The molecular weight excluding hydrogens is 452 g/mol. The molecule has 0 unspecified atom stereocenters. The lowest BCUT2D eigenvalue weighted by molar-refractivity contribution is -0.141. The number of aromatic nitrogens is 1. The fraction of sp³-hybridized carbons (Fsp3) is 0.552. The number of ether oxygens (including phenoxy) is 1. The zero-order valence-electron chi connectivity index (χ0n) is 21.4. The molecule has 1 aromatic heterocycles. The molecular formula is C29H38N4O3. The van der Waals surface area contributed by atoms with Crippen LogP contribution in [0.25, 0.3) is 0 Å². The summed E-state index contributed by atoms with van der Waals surface area (Å²) in [6.45, 7) is 4.54. The number of pyridine rings is 1. The minimum Gasteiger partial charge on any atom is -0.469 e. The number of carbonyl (C=O) groups excluding carboxylic acids is 2. The number of carbonyl (C=O) groups is 2. The fourth-order valence-corrected chi connectivity index (χ4v) is 6.14. The minimum absolute atomic E-state index is 0.121. The van der Waals surface area contributed by atoms with Crippen molar-refractivity contribution in [3.63, 3.8) is 0 Å². The van der Waals surface area contributed by atoms with E-state index in [4.69, 9.17) is 4.74 Å². The van der Waals surface area contributed by atoms with Crippen LogP contribution in [-0.2, 0) is 28.9 Å². The highest BCUT2D eigenvalue weighted by molar-refractivity contribution is 5.94. The number of benzene rings is 1. The number of hydrogen-bond acceptors (Lipinski definition) is 5. The summed E-state index contributed by atoms with van der Waals surface area (Å²) < 4.78 is 4.78. The van der Waals surface area contributed by atoms with Crippen LogP contribution in [0.15, 0.2) is 42.7 Å². The van der Waals surface area contributed by atoms with E-state index in [1.54, 1.807) is 0 Å². The van der Waals surface area contributed by atoms with Gasteiger partial charge in [0.2, 0.25) is 0 Å². The molecule has 192 valence electrons. The Bertz CT molecular complexity index is 1050. The maximum atomic E-state index is 13.4. The normalized spacial score (nSPS) is 22.9. The Morgan fingerprint density at radius 3 is 2.58 bits per heavy atom. The minimum atomic E-state index is -0.121. The summed E-state index contributed by atoms with van der Waals surface area (Å²) in [7, 11) is 1.45. The first-order valence-corrected chi connectivity index (χ1v) is 13.5. The van der Waals surface area contributed by atoms with Crippen LogP contribution in [0, 0.1) is 5.92 Å². The highest BCUT2D eigenvalue weighted by Crippen LogP contribution is 2.34. The molecule has 0 bridgehead atoms. The van der Waals surface area contributed by atoms with Crippen LogP contribution >= 0.6 is 0 Å². The Hall–Kier alpha value is -2.93. The van der Waals surface area contributed by atoms with E-state index in [0.29, 0.717) is 18.4 Å². The lowest BCUT2D eigenvalue weighted by Crippen LogP contribution is -2.41. The van der Waals surface area contributed by atoms with Crippen LogP contribution in [0.3, 0.4) is 0 Å². The summed E-state index contributed by atoms with van der Waals surface area (Å²) in [5, 5.41) is 0. The van der Waals surface area contributed by atoms with Crippen molar-refractivity contribution < 1.29 is 14.3 Å². The summed E-state index contributed by atoms with van der Waals surface area (Å²) in [4.78, 5) is 35.7. The molecule has 7 heteroatoms. The molecule has 0 radical (unpaired) electrons. The van der Waals surface area contributed by atoms with Crippen LogP contribution in [0.1, 0.15) is 55.2 Å². The van der Waals surface area contributed by atoms with Gasteiger partial charge < -0.3 is 9.64 Å². The van der Waals surface area contributed by atoms with Gasteiger partial charge >= 0.3 is 12.0 Å². The van der Waals surface area contributed by atoms with E-state index in [2.05, 4.69) is 39.0 Å². The number of hydrogen-bond donors (Lipinski definition) is 0. The zero-order chi connectivity index (χ0) is 24.9. The van der Waals surface area contributed by atoms with E-state index in [1.807, 2.05) is 23.4 Å². The van der Waals surface area contributed by atoms with E-state index in [9.17, 15) is 9.59 Å². The van der Waals surface area contributed by atoms with Crippen molar-refractivity contribution in [1.82, 2.24) is 14.8 Å². The van der Waals surface area contributed by atoms with Gasteiger partial charge in [0, 0.05) is 63.3 Å². The molecule has 0 N–H and O–H groups in total. The van der Waals surface area contributed by atoms with Gasteiger partial charge in [-0.1, -0.05) is 12.1 Å². The van der Waals surface area contributed by atoms with Gasteiger partial charge in [0.15, 0.2) is 0 Å². The summed E-state index contributed by atoms with van der Waals surface area (Å²) in [5.41, 5.74) is 5.07. The number of rotatable bonds is 7. The molecule has 1 saturated carbocycles. The largest absolute Gasteiger partial charge is 0.469 e. The predicted octanol–water partition coefficient (Wildman–Crippen LogP) is 4.44. The van der Waals surface area contributed by atoms with E-state index < -0.39 is 0 Å². The summed E-state index contributed by atoms with van der Waals surface area (Å²) in [5.74, 6) is 0.445. The van der Waals surface area contributed by atoms with Gasteiger partial charge in [-0.3, -0.25) is 19.6 Å². The number of fused-ring (bicyclic) bond motifs is 1. The second-order valence-electron chi connectivity index (χ2n) is 10.5. The molecule has 1 aliphatic carbocycles. The second-order valence-corrected chi connectivity index (χ2v) is 10.5. The third kappa shape index (κ3) is 5.72. The number of anilines is 1. The van der Waals surface area contributed by atoms with Gasteiger partial charge in [-0.25, -0.2) is 4.79 Å². The molecule has 2 aromatic rings.